The molecule has 1 aliphatic rings. The van der Waals surface area contributed by atoms with Gasteiger partial charge < -0.3 is 5.11 Å². The van der Waals surface area contributed by atoms with Crippen LogP contribution in [0.25, 0.3) is 0 Å². The van der Waals surface area contributed by atoms with Gasteiger partial charge in [-0.05, 0) is 25.0 Å². The van der Waals surface area contributed by atoms with Gasteiger partial charge in [0.05, 0.1) is 6.54 Å². The molecule has 122 valence electrons. The monoisotopic (exact) mass is 353 g/mol. The van der Waals surface area contributed by atoms with Gasteiger partial charge in [-0.2, -0.15) is 5.10 Å². The van der Waals surface area contributed by atoms with Crippen LogP contribution in [0.15, 0.2) is 30.9 Å². The van der Waals surface area contributed by atoms with Crippen molar-refractivity contribution in [2.75, 3.05) is 0 Å². The highest BCUT2D eigenvalue weighted by Gasteiger charge is 2.44. The lowest BCUT2D eigenvalue weighted by atomic mass is 9.82. The van der Waals surface area contributed by atoms with Gasteiger partial charge in [-0.1, -0.05) is 42.1 Å². The van der Waals surface area contributed by atoms with Crippen LogP contribution in [0, 0.1) is 5.92 Å². The molecule has 0 amide bonds. The zero-order valence-corrected chi connectivity index (χ0v) is 14.0. The van der Waals surface area contributed by atoms with Crippen molar-refractivity contribution in [1.29, 1.82) is 0 Å². The van der Waals surface area contributed by atoms with Crippen LogP contribution < -0.4 is 0 Å². The Morgan fingerprint density at radius 1 is 1.35 bits per heavy atom. The van der Waals surface area contributed by atoms with E-state index in [-0.39, 0.29) is 23.3 Å². The topological polar surface area (TPSA) is 68.0 Å². The highest BCUT2D eigenvalue weighted by Crippen LogP contribution is 2.38. The Bertz CT molecular complexity index is 699. The molecule has 0 bridgehead atoms. The normalized spacial score (nSPS) is 18.0. The zero-order chi connectivity index (χ0) is 16.4. The minimum absolute atomic E-state index is 0.0241. The molecule has 1 aliphatic carbocycles. The fraction of sp³-hybridized carbons (Fsp3) is 0.438. The molecule has 0 aliphatic heterocycles. The first kappa shape index (κ1) is 16.4. The molecule has 0 spiro atoms. The average molecular weight is 354 g/mol. The van der Waals surface area contributed by atoms with Crippen LogP contribution >= 0.6 is 23.2 Å². The molecule has 3 rings (SSSR count). The Morgan fingerprint density at radius 2 is 2.09 bits per heavy atom. The number of carbonyl (C=O) groups excluding carboxylic acids is 1. The summed E-state index contributed by atoms with van der Waals surface area (Å²) in [4.78, 5) is 16.9. The fourth-order valence-corrected chi connectivity index (χ4v) is 3.76. The van der Waals surface area contributed by atoms with Gasteiger partial charge in [0, 0.05) is 21.5 Å². The van der Waals surface area contributed by atoms with Crippen LogP contribution in [-0.2, 0) is 16.9 Å². The van der Waals surface area contributed by atoms with Crippen molar-refractivity contribution < 1.29 is 9.90 Å². The molecule has 1 heterocycles. The predicted octanol–water partition coefficient (Wildman–Crippen LogP) is 3.23. The van der Waals surface area contributed by atoms with E-state index in [1.807, 2.05) is 0 Å². The van der Waals surface area contributed by atoms with Crippen molar-refractivity contribution in [2.24, 2.45) is 5.92 Å². The minimum atomic E-state index is -1.75. The summed E-state index contributed by atoms with van der Waals surface area (Å²) < 4.78 is 1.44. The van der Waals surface area contributed by atoms with E-state index >= 15 is 0 Å². The second-order valence-electron chi connectivity index (χ2n) is 5.92. The van der Waals surface area contributed by atoms with E-state index in [0.29, 0.717) is 10.6 Å². The summed E-state index contributed by atoms with van der Waals surface area (Å²) in [5.74, 6) is -0.370. The smallest absolute Gasteiger partial charge is 0.173 e. The number of hydrogen-bond acceptors (Lipinski definition) is 4. The van der Waals surface area contributed by atoms with Crippen molar-refractivity contribution >= 4 is 29.0 Å². The summed E-state index contributed by atoms with van der Waals surface area (Å²) in [5, 5.41) is 16.0. The van der Waals surface area contributed by atoms with E-state index in [2.05, 4.69) is 10.1 Å². The predicted molar refractivity (Wildman–Crippen MR) is 87.3 cm³/mol. The lowest BCUT2D eigenvalue weighted by Gasteiger charge is -2.30. The van der Waals surface area contributed by atoms with E-state index < -0.39 is 5.60 Å². The lowest BCUT2D eigenvalue weighted by Crippen LogP contribution is -2.43. The maximum atomic E-state index is 13.0. The van der Waals surface area contributed by atoms with Crippen molar-refractivity contribution in [2.45, 2.75) is 37.8 Å². The van der Waals surface area contributed by atoms with Crippen molar-refractivity contribution in [1.82, 2.24) is 14.8 Å². The third kappa shape index (κ3) is 3.27. The van der Waals surface area contributed by atoms with Crippen LogP contribution in [0.5, 0.6) is 0 Å². The van der Waals surface area contributed by atoms with Crippen molar-refractivity contribution in [3.63, 3.8) is 0 Å². The molecule has 1 aromatic carbocycles. The van der Waals surface area contributed by atoms with E-state index in [4.69, 9.17) is 23.2 Å². The molecule has 1 fully saturated rings. The Balaban J connectivity index is 2.02. The van der Waals surface area contributed by atoms with Crippen LogP contribution in [-0.4, -0.2) is 25.7 Å². The largest absolute Gasteiger partial charge is 0.375 e. The van der Waals surface area contributed by atoms with Gasteiger partial charge in [0.2, 0.25) is 0 Å². The van der Waals surface area contributed by atoms with Gasteiger partial charge in [0.15, 0.2) is 11.4 Å². The second-order valence-corrected chi connectivity index (χ2v) is 6.77. The Kier molecular flexibility index (Phi) is 4.71. The van der Waals surface area contributed by atoms with E-state index in [0.717, 1.165) is 25.7 Å². The third-order valence-electron chi connectivity index (χ3n) is 4.37. The number of ketones is 1. The van der Waals surface area contributed by atoms with Gasteiger partial charge in [0.25, 0.3) is 0 Å². The summed E-state index contributed by atoms with van der Waals surface area (Å²) in [6.07, 6.45) is 6.43. The molecule has 2 aromatic rings. The summed E-state index contributed by atoms with van der Waals surface area (Å²) in [6, 6.07) is 4.76. The summed E-state index contributed by atoms with van der Waals surface area (Å²) in [6.45, 7) is -0.0241. The van der Waals surface area contributed by atoms with Gasteiger partial charge in [0.1, 0.15) is 12.7 Å². The Hall–Kier alpha value is -1.43. The molecule has 1 saturated carbocycles. The number of aromatic nitrogens is 3. The first-order valence-corrected chi connectivity index (χ1v) is 8.31. The van der Waals surface area contributed by atoms with Gasteiger partial charge >= 0.3 is 0 Å². The highest BCUT2D eigenvalue weighted by molar-refractivity contribution is 6.35. The van der Waals surface area contributed by atoms with Gasteiger partial charge in [-0.25, -0.2) is 9.67 Å². The molecule has 1 atom stereocenters. The maximum Gasteiger partial charge on any atom is 0.173 e. The summed E-state index contributed by atoms with van der Waals surface area (Å²) in [7, 11) is 0. The Morgan fingerprint density at radius 3 is 2.70 bits per heavy atom. The summed E-state index contributed by atoms with van der Waals surface area (Å²) >= 11 is 12.2. The number of hydrogen-bond donors (Lipinski definition) is 1. The van der Waals surface area contributed by atoms with E-state index in [1.54, 1.807) is 12.1 Å². The number of aliphatic hydroxyl groups is 1. The number of halogens is 2. The minimum Gasteiger partial charge on any atom is -0.375 e. The molecule has 1 N–H and O–H groups in total. The first-order chi connectivity index (χ1) is 11.0. The molecule has 5 nitrogen and oxygen atoms in total. The fourth-order valence-electron chi connectivity index (χ4n) is 3.20. The quantitative estimate of drug-likeness (QED) is 0.895. The average Bonchev–Trinajstić information content (AvgIpc) is 3.19. The second kappa shape index (κ2) is 6.59. The van der Waals surface area contributed by atoms with E-state index in [1.165, 1.54) is 23.4 Å². The number of nitrogens with zero attached hydrogens (tertiary/aromatic N) is 3. The van der Waals surface area contributed by atoms with Crippen molar-refractivity contribution in [3.8, 4) is 0 Å². The van der Waals surface area contributed by atoms with Gasteiger partial charge in [-0.3, -0.25) is 4.79 Å². The molecule has 1 aromatic heterocycles. The summed E-state index contributed by atoms with van der Waals surface area (Å²) in [5.41, 5.74) is -1.39. The third-order valence-corrected chi connectivity index (χ3v) is 4.92. The lowest BCUT2D eigenvalue weighted by molar-refractivity contribution is -0.144. The number of carbonyl (C=O) groups is 1. The Labute approximate surface area is 144 Å². The van der Waals surface area contributed by atoms with Gasteiger partial charge in [-0.15, -0.1) is 0 Å². The highest BCUT2D eigenvalue weighted by atomic mass is 35.5. The SMILES string of the molecule is O=C(C1CCCC1)C(O)(Cn1cncn1)c1ccc(Cl)cc1Cl. The molecular weight excluding hydrogens is 337 g/mol. The molecular formula is C16H17Cl2N3O2. The molecule has 7 heteroatoms. The first-order valence-electron chi connectivity index (χ1n) is 7.55. The number of rotatable bonds is 5. The standard InChI is InChI=1S/C16H17Cl2N3O2/c17-12-5-6-13(14(18)7-12)16(23,8-21-10-19-9-20-21)15(22)11-3-1-2-4-11/h5-7,9-11,23H,1-4,8H2. The van der Waals surface area contributed by atoms with Crippen LogP contribution in [0.3, 0.4) is 0 Å². The zero-order valence-electron chi connectivity index (χ0n) is 12.5. The van der Waals surface area contributed by atoms with Crippen LogP contribution in [0.4, 0.5) is 0 Å². The number of benzene rings is 1. The van der Waals surface area contributed by atoms with Crippen LogP contribution in [0.2, 0.25) is 10.0 Å². The molecule has 0 saturated heterocycles. The van der Waals surface area contributed by atoms with E-state index in [9.17, 15) is 9.90 Å². The van der Waals surface area contributed by atoms with Crippen molar-refractivity contribution in [3.05, 3.63) is 46.5 Å². The molecule has 23 heavy (non-hydrogen) atoms. The molecule has 0 radical (unpaired) electrons. The molecule has 1 unspecified atom stereocenters. The number of Topliss-reactive ketones (excluding diaryl/α,β-unsaturated/α-hetero) is 1. The maximum absolute atomic E-state index is 13.0. The van der Waals surface area contributed by atoms with Crippen LogP contribution in [0.1, 0.15) is 31.2 Å².